The maximum atomic E-state index is 12.4. The van der Waals surface area contributed by atoms with Gasteiger partial charge in [-0.25, -0.2) is 0 Å². The van der Waals surface area contributed by atoms with Gasteiger partial charge in [0.05, 0.1) is 13.2 Å². The minimum Gasteiger partial charge on any atom is -0.395 e. The monoisotopic (exact) mass is 316 g/mol. The number of carbonyl (C=O) groups is 1. The topological polar surface area (TPSA) is 52.6 Å². The van der Waals surface area contributed by atoms with Gasteiger partial charge in [0.25, 0.3) is 0 Å². The second-order valence-electron chi connectivity index (χ2n) is 7.03. The molecule has 1 aromatic carbocycles. The molecule has 0 spiro atoms. The van der Waals surface area contributed by atoms with Gasteiger partial charge in [0.1, 0.15) is 0 Å². The zero-order valence-corrected chi connectivity index (χ0v) is 13.8. The first-order chi connectivity index (χ1) is 11.3. The third-order valence-corrected chi connectivity index (χ3v) is 5.12. The van der Waals surface area contributed by atoms with Crippen LogP contribution in [-0.2, 0) is 11.3 Å². The van der Waals surface area contributed by atoms with E-state index >= 15 is 0 Å². The van der Waals surface area contributed by atoms with E-state index < -0.39 is 0 Å². The van der Waals surface area contributed by atoms with E-state index in [1.165, 1.54) is 31.2 Å². The van der Waals surface area contributed by atoms with Gasteiger partial charge < -0.3 is 10.4 Å². The number of rotatable bonds is 8. The van der Waals surface area contributed by atoms with E-state index in [0.717, 1.165) is 19.4 Å². The predicted octanol–water partition coefficient (Wildman–Crippen LogP) is 2.32. The van der Waals surface area contributed by atoms with Gasteiger partial charge in [0.15, 0.2) is 0 Å². The standard InChI is InChI=1S/C19H28N2O2/c22-14-18(16-10-11-16)21(12-15-6-2-1-3-7-15)13-19(23)20-17-8-4-5-9-17/h1-3,6-7,16-18,22H,4-5,8-14H2,(H,20,23). The van der Waals surface area contributed by atoms with Gasteiger partial charge in [0.2, 0.25) is 5.91 Å². The highest BCUT2D eigenvalue weighted by molar-refractivity contribution is 5.78. The van der Waals surface area contributed by atoms with Crippen molar-refractivity contribution in [1.82, 2.24) is 10.2 Å². The van der Waals surface area contributed by atoms with Gasteiger partial charge >= 0.3 is 0 Å². The SMILES string of the molecule is O=C(CN(Cc1ccccc1)C(CO)C1CC1)NC1CCCC1. The summed E-state index contributed by atoms with van der Waals surface area (Å²) in [6, 6.07) is 10.7. The van der Waals surface area contributed by atoms with Crippen LogP contribution in [0.15, 0.2) is 30.3 Å². The third-order valence-electron chi connectivity index (χ3n) is 5.12. The fourth-order valence-corrected chi connectivity index (χ4v) is 3.68. The Bertz CT molecular complexity index is 495. The predicted molar refractivity (Wildman–Crippen MR) is 90.8 cm³/mol. The third kappa shape index (κ3) is 4.79. The maximum Gasteiger partial charge on any atom is 0.234 e. The Morgan fingerprint density at radius 1 is 1.17 bits per heavy atom. The molecule has 1 atom stereocenters. The first kappa shape index (κ1) is 16.5. The second-order valence-corrected chi connectivity index (χ2v) is 7.03. The number of amides is 1. The molecule has 2 fully saturated rings. The van der Waals surface area contributed by atoms with E-state index in [1.54, 1.807) is 0 Å². The Hall–Kier alpha value is -1.39. The Labute approximate surface area is 138 Å². The van der Waals surface area contributed by atoms with Crippen molar-refractivity contribution in [2.45, 2.75) is 57.2 Å². The Morgan fingerprint density at radius 2 is 1.87 bits per heavy atom. The van der Waals surface area contributed by atoms with Crippen LogP contribution >= 0.6 is 0 Å². The fraction of sp³-hybridized carbons (Fsp3) is 0.632. The number of nitrogens with zero attached hydrogens (tertiary/aromatic N) is 1. The van der Waals surface area contributed by atoms with Crippen molar-refractivity contribution in [1.29, 1.82) is 0 Å². The molecule has 126 valence electrons. The summed E-state index contributed by atoms with van der Waals surface area (Å²) in [5.41, 5.74) is 1.19. The van der Waals surface area contributed by atoms with Crippen LogP contribution < -0.4 is 5.32 Å². The molecule has 0 aliphatic heterocycles. The van der Waals surface area contributed by atoms with E-state index in [0.29, 0.717) is 18.5 Å². The van der Waals surface area contributed by atoms with E-state index in [-0.39, 0.29) is 18.6 Å². The van der Waals surface area contributed by atoms with Gasteiger partial charge in [-0.1, -0.05) is 43.2 Å². The number of benzene rings is 1. The van der Waals surface area contributed by atoms with Crippen molar-refractivity contribution in [3.8, 4) is 0 Å². The lowest BCUT2D eigenvalue weighted by atomic mass is 10.1. The fourth-order valence-electron chi connectivity index (χ4n) is 3.68. The van der Waals surface area contributed by atoms with Crippen LogP contribution in [0, 0.1) is 5.92 Å². The van der Waals surface area contributed by atoms with E-state index in [9.17, 15) is 9.90 Å². The molecule has 4 heteroatoms. The van der Waals surface area contributed by atoms with Crippen molar-refractivity contribution in [3.63, 3.8) is 0 Å². The summed E-state index contributed by atoms with van der Waals surface area (Å²) >= 11 is 0. The van der Waals surface area contributed by atoms with Crippen molar-refractivity contribution in [2.75, 3.05) is 13.2 Å². The lowest BCUT2D eigenvalue weighted by molar-refractivity contribution is -0.124. The number of carbonyl (C=O) groups excluding carboxylic acids is 1. The molecular formula is C19H28N2O2. The summed E-state index contributed by atoms with van der Waals surface area (Å²) in [5.74, 6) is 0.648. The van der Waals surface area contributed by atoms with Crippen LogP contribution in [0.25, 0.3) is 0 Å². The Balaban J connectivity index is 1.62. The normalized spacial score (nSPS) is 19.9. The molecule has 0 saturated heterocycles. The zero-order valence-electron chi connectivity index (χ0n) is 13.8. The minimum absolute atomic E-state index is 0.101. The van der Waals surface area contributed by atoms with Crippen LogP contribution in [-0.4, -0.2) is 41.1 Å². The van der Waals surface area contributed by atoms with Crippen molar-refractivity contribution >= 4 is 5.91 Å². The summed E-state index contributed by atoms with van der Waals surface area (Å²) in [7, 11) is 0. The van der Waals surface area contributed by atoms with E-state index in [4.69, 9.17) is 0 Å². The maximum absolute atomic E-state index is 12.4. The van der Waals surface area contributed by atoms with Crippen LogP contribution in [0.3, 0.4) is 0 Å². The van der Waals surface area contributed by atoms with Gasteiger partial charge in [-0.15, -0.1) is 0 Å². The molecule has 1 aromatic rings. The Morgan fingerprint density at radius 3 is 2.48 bits per heavy atom. The highest BCUT2D eigenvalue weighted by Gasteiger charge is 2.35. The number of hydrogen-bond acceptors (Lipinski definition) is 3. The van der Waals surface area contributed by atoms with Crippen LogP contribution in [0.1, 0.15) is 44.1 Å². The molecular weight excluding hydrogens is 288 g/mol. The number of nitrogens with one attached hydrogen (secondary N) is 1. The largest absolute Gasteiger partial charge is 0.395 e. The Kier molecular flexibility index (Phi) is 5.68. The number of aliphatic hydroxyl groups excluding tert-OH is 1. The molecule has 2 N–H and O–H groups in total. The summed E-state index contributed by atoms with van der Waals surface area (Å²) in [4.78, 5) is 14.6. The average Bonchev–Trinajstić information content (AvgIpc) is 3.25. The summed E-state index contributed by atoms with van der Waals surface area (Å²) in [6.07, 6.45) is 6.99. The second kappa shape index (κ2) is 7.93. The molecule has 0 aromatic heterocycles. The molecule has 0 radical (unpaired) electrons. The molecule has 1 amide bonds. The molecule has 2 aliphatic rings. The van der Waals surface area contributed by atoms with E-state index in [2.05, 4.69) is 22.3 Å². The molecule has 4 nitrogen and oxygen atoms in total. The number of aliphatic hydroxyl groups is 1. The lowest BCUT2D eigenvalue weighted by Crippen LogP contribution is -2.47. The molecule has 23 heavy (non-hydrogen) atoms. The summed E-state index contributed by atoms with van der Waals surface area (Å²) in [5, 5.41) is 13.0. The first-order valence-electron chi connectivity index (χ1n) is 8.94. The summed E-state index contributed by atoms with van der Waals surface area (Å²) in [6.45, 7) is 1.24. The molecule has 1 unspecified atom stereocenters. The molecule has 0 bridgehead atoms. The molecule has 2 aliphatic carbocycles. The first-order valence-corrected chi connectivity index (χ1v) is 8.94. The number of hydrogen-bond donors (Lipinski definition) is 2. The molecule has 3 rings (SSSR count). The van der Waals surface area contributed by atoms with Crippen LogP contribution in [0.4, 0.5) is 0 Å². The van der Waals surface area contributed by atoms with Gasteiger partial charge in [-0.3, -0.25) is 9.69 Å². The highest BCUT2D eigenvalue weighted by Crippen LogP contribution is 2.35. The van der Waals surface area contributed by atoms with E-state index in [1.807, 2.05) is 18.2 Å². The van der Waals surface area contributed by atoms with Gasteiger partial charge in [-0.05, 0) is 37.2 Å². The van der Waals surface area contributed by atoms with Crippen molar-refractivity contribution in [3.05, 3.63) is 35.9 Å². The lowest BCUT2D eigenvalue weighted by Gasteiger charge is -2.30. The smallest absolute Gasteiger partial charge is 0.234 e. The average molecular weight is 316 g/mol. The summed E-state index contributed by atoms with van der Waals surface area (Å²) < 4.78 is 0. The van der Waals surface area contributed by atoms with Gasteiger partial charge in [-0.2, -0.15) is 0 Å². The molecule has 0 heterocycles. The highest BCUT2D eigenvalue weighted by atomic mass is 16.3. The molecule has 2 saturated carbocycles. The van der Waals surface area contributed by atoms with Crippen LogP contribution in [0.5, 0.6) is 0 Å². The van der Waals surface area contributed by atoms with Crippen molar-refractivity contribution < 1.29 is 9.90 Å². The van der Waals surface area contributed by atoms with Gasteiger partial charge in [0, 0.05) is 18.6 Å². The minimum atomic E-state index is 0.101. The van der Waals surface area contributed by atoms with Crippen LogP contribution in [0.2, 0.25) is 0 Å². The quantitative estimate of drug-likeness (QED) is 0.774. The zero-order chi connectivity index (χ0) is 16.1. The van der Waals surface area contributed by atoms with Crippen molar-refractivity contribution in [2.24, 2.45) is 5.92 Å².